The van der Waals surface area contributed by atoms with E-state index in [1.54, 1.807) is 0 Å². The second-order valence-corrected chi connectivity index (χ2v) is 4.80. The van der Waals surface area contributed by atoms with Crippen LogP contribution in [-0.4, -0.2) is 31.6 Å². The number of ketones is 1. The van der Waals surface area contributed by atoms with Crippen molar-refractivity contribution in [1.82, 2.24) is 5.32 Å². The van der Waals surface area contributed by atoms with Gasteiger partial charge >= 0.3 is 0 Å². The van der Waals surface area contributed by atoms with Crippen LogP contribution in [0, 0.1) is 5.92 Å². The molecule has 15 heavy (non-hydrogen) atoms. The zero-order chi connectivity index (χ0) is 10.5. The molecule has 1 saturated carbocycles. The first-order valence-corrected chi connectivity index (χ1v) is 6.18. The molecule has 2 rings (SSSR count). The molecule has 0 aromatic heterocycles. The van der Waals surface area contributed by atoms with Crippen LogP contribution in [0.4, 0.5) is 0 Å². The quantitative estimate of drug-likeness (QED) is 0.749. The number of nitrogens with one attached hydrogen (secondary N) is 1. The van der Waals surface area contributed by atoms with Crippen molar-refractivity contribution in [1.29, 1.82) is 0 Å². The Kier molecular flexibility index (Phi) is 4.15. The number of piperidine rings is 1. The van der Waals surface area contributed by atoms with Gasteiger partial charge in [-0.15, -0.1) is 0 Å². The van der Waals surface area contributed by atoms with E-state index in [-0.39, 0.29) is 0 Å². The summed E-state index contributed by atoms with van der Waals surface area (Å²) in [5, 5.41) is 3.29. The Bertz CT molecular complexity index is 208. The van der Waals surface area contributed by atoms with E-state index in [0.29, 0.717) is 24.4 Å². The lowest BCUT2D eigenvalue weighted by molar-refractivity contribution is -0.127. The molecule has 1 saturated heterocycles. The molecule has 0 aromatic carbocycles. The normalized spacial score (nSPS) is 23.7. The Balaban J connectivity index is 1.57. The molecule has 0 bridgehead atoms. The van der Waals surface area contributed by atoms with Gasteiger partial charge in [0.05, 0.1) is 6.10 Å². The molecule has 1 heterocycles. The highest BCUT2D eigenvalue weighted by Crippen LogP contribution is 2.29. The van der Waals surface area contributed by atoms with Gasteiger partial charge in [0.25, 0.3) is 0 Å². The number of Topliss-reactive ketones (excluding diaryl/α,β-unsaturated/α-hetero) is 1. The van der Waals surface area contributed by atoms with Crippen LogP contribution >= 0.6 is 0 Å². The third-order valence-electron chi connectivity index (χ3n) is 3.51. The second kappa shape index (κ2) is 5.61. The molecule has 1 aliphatic heterocycles. The summed E-state index contributed by atoms with van der Waals surface area (Å²) in [5.41, 5.74) is 0. The van der Waals surface area contributed by atoms with Crippen LogP contribution in [0.5, 0.6) is 0 Å². The van der Waals surface area contributed by atoms with Gasteiger partial charge < -0.3 is 10.1 Å². The first-order valence-electron chi connectivity index (χ1n) is 6.18. The van der Waals surface area contributed by atoms with Crippen LogP contribution in [-0.2, 0) is 9.53 Å². The second-order valence-electron chi connectivity index (χ2n) is 4.80. The zero-order valence-corrected chi connectivity index (χ0v) is 9.34. The fourth-order valence-electron chi connectivity index (χ4n) is 2.25. The van der Waals surface area contributed by atoms with Crippen molar-refractivity contribution in [3.8, 4) is 0 Å². The summed E-state index contributed by atoms with van der Waals surface area (Å²) in [7, 11) is 0. The lowest BCUT2D eigenvalue weighted by atomic mass is 9.82. The molecule has 0 aromatic rings. The van der Waals surface area contributed by atoms with E-state index in [1.807, 2.05) is 0 Å². The summed E-state index contributed by atoms with van der Waals surface area (Å²) < 4.78 is 5.62. The fourth-order valence-corrected chi connectivity index (χ4v) is 2.25. The van der Waals surface area contributed by atoms with E-state index in [2.05, 4.69) is 5.32 Å². The maximum Gasteiger partial charge on any atom is 0.158 e. The van der Waals surface area contributed by atoms with Crippen LogP contribution in [0.1, 0.15) is 38.5 Å². The zero-order valence-electron chi connectivity index (χ0n) is 9.34. The highest BCUT2D eigenvalue weighted by Gasteiger charge is 2.21. The number of carbonyl (C=O) groups is 1. The third-order valence-corrected chi connectivity index (χ3v) is 3.51. The highest BCUT2D eigenvalue weighted by molar-refractivity contribution is 5.79. The molecular weight excluding hydrogens is 190 g/mol. The summed E-state index contributed by atoms with van der Waals surface area (Å²) >= 11 is 0. The van der Waals surface area contributed by atoms with Crippen molar-refractivity contribution in [3.63, 3.8) is 0 Å². The van der Waals surface area contributed by atoms with E-state index >= 15 is 0 Å². The number of rotatable bonds is 5. The van der Waals surface area contributed by atoms with Crippen LogP contribution in [0.2, 0.25) is 0 Å². The van der Waals surface area contributed by atoms with Gasteiger partial charge in [-0.1, -0.05) is 19.3 Å². The van der Waals surface area contributed by atoms with E-state index in [0.717, 1.165) is 32.4 Å². The summed E-state index contributed by atoms with van der Waals surface area (Å²) in [6, 6.07) is 0. The van der Waals surface area contributed by atoms with Gasteiger partial charge in [0, 0.05) is 6.42 Å². The maximum atomic E-state index is 11.5. The molecule has 1 aliphatic carbocycles. The van der Waals surface area contributed by atoms with Crippen molar-refractivity contribution in [3.05, 3.63) is 0 Å². The van der Waals surface area contributed by atoms with E-state index in [1.165, 1.54) is 19.3 Å². The molecule has 0 amide bonds. The summed E-state index contributed by atoms with van der Waals surface area (Å²) in [6.07, 6.45) is 6.99. The highest BCUT2D eigenvalue weighted by atomic mass is 16.5. The minimum absolute atomic E-state index is 0.304. The van der Waals surface area contributed by atoms with Crippen LogP contribution in [0.15, 0.2) is 0 Å². The first kappa shape index (κ1) is 11.1. The number of carbonyl (C=O) groups excluding carboxylic acids is 1. The Morgan fingerprint density at radius 3 is 2.53 bits per heavy atom. The van der Waals surface area contributed by atoms with E-state index in [4.69, 9.17) is 4.74 Å². The summed E-state index contributed by atoms with van der Waals surface area (Å²) in [4.78, 5) is 11.5. The third kappa shape index (κ3) is 3.58. The number of hydrogen-bond donors (Lipinski definition) is 1. The van der Waals surface area contributed by atoms with E-state index in [9.17, 15) is 4.79 Å². The molecule has 3 nitrogen and oxygen atoms in total. The Morgan fingerprint density at radius 1 is 1.20 bits per heavy atom. The first-order chi connectivity index (χ1) is 7.34. The molecule has 0 radical (unpaired) electrons. The summed E-state index contributed by atoms with van der Waals surface area (Å²) in [5.74, 6) is 0.979. The minimum Gasteiger partial charge on any atom is -0.370 e. The van der Waals surface area contributed by atoms with Crippen molar-refractivity contribution >= 4 is 5.78 Å². The summed E-state index contributed by atoms with van der Waals surface area (Å²) in [6.45, 7) is 2.41. The fraction of sp³-hybridized carbons (Fsp3) is 0.917. The predicted octanol–water partition coefficient (Wildman–Crippen LogP) is 1.51. The van der Waals surface area contributed by atoms with Crippen molar-refractivity contribution in [2.24, 2.45) is 5.92 Å². The average Bonchev–Trinajstić information content (AvgIpc) is 2.22. The maximum absolute atomic E-state index is 11.5. The van der Waals surface area contributed by atoms with E-state index < -0.39 is 0 Å². The molecule has 0 unspecified atom stereocenters. The molecule has 0 spiro atoms. The molecule has 2 fully saturated rings. The Labute approximate surface area is 91.6 Å². The van der Waals surface area contributed by atoms with Crippen molar-refractivity contribution in [2.75, 3.05) is 19.7 Å². The van der Waals surface area contributed by atoms with Crippen LogP contribution in [0.25, 0.3) is 0 Å². The van der Waals surface area contributed by atoms with Gasteiger partial charge in [0.1, 0.15) is 6.61 Å². The molecule has 0 atom stereocenters. The largest absolute Gasteiger partial charge is 0.370 e. The number of ether oxygens (including phenoxy) is 1. The average molecular weight is 211 g/mol. The Hall–Kier alpha value is -0.410. The number of hydrogen-bond acceptors (Lipinski definition) is 3. The molecular formula is C12H21NO2. The molecule has 86 valence electrons. The van der Waals surface area contributed by atoms with Crippen LogP contribution < -0.4 is 5.32 Å². The van der Waals surface area contributed by atoms with Gasteiger partial charge in [-0.3, -0.25) is 4.79 Å². The molecule has 2 aliphatic rings. The topological polar surface area (TPSA) is 38.3 Å². The van der Waals surface area contributed by atoms with Gasteiger partial charge in [0.2, 0.25) is 0 Å². The minimum atomic E-state index is 0.304. The SMILES string of the molecule is O=C(COC1CCNCC1)CC1CCC1. The molecule has 3 heteroatoms. The lowest BCUT2D eigenvalue weighted by Crippen LogP contribution is -2.33. The smallest absolute Gasteiger partial charge is 0.158 e. The molecule has 1 N–H and O–H groups in total. The van der Waals surface area contributed by atoms with Crippen molar-refractivity contribution in [2.45, 2.75) is 44.6 Å². The van der Waals surface area contributed by atoms with Crippen molar-refractivity contribution < 1.29 is 9.53 Å². The predicted molar refractivity (Wildman–Crippen MR) is 58.8 cm³/mol. The van der Waals surface area contributed by atoms with Gasteiger partial charge in [-0.05, 0) is 31.8 Å². The van der Waals surface area contributed by atoms with Gasteiger partial charge in [-0.2, -0.15) is 0 Å². The van der Waals surface area contributed by atoms with Crippen LogP contribution in [0.3, 0.4) is 0 Å². The Morgan fingerprint density at radius 2 is 1.93 bits per heavy atom. The lowest BCUT2D eigenvalue weighted by Gasteiger charge is -2.26. The monoisotopic (exact) mass is 211 g/mol. The van der Waals surface area contributed by atoms with Gasteiger partial charge in [-0.25, -0.2) is 0 Å². The standard InChI is InChI=1S/C12H21NO2/c14-11(8-10-2-1-3-10)9-15-12-4-6-13-7-5-12/h10,12-13H,1-9H2. The van der Waals surface area contributed by atoms with Gasteiger partial charge in [0.15, 0.2) is 5.78 Å².